The molecule has 1 aromatic carbocycles. The number of sulfone groups is 1. The summed E-state index contributed by atoms with van der Waals surface area (Å²) in [5.41, 5.74) is 0.612. The first-order valence-corrected chi connectivity index (χ1v) is 8.38. The van der Waals surface area contributed by atoms with Gasteiger partial charge in [-0.25, -0.2) is 13.2 Å². The van der Waals surface area contributed by atoms with Crippen molar-refractivity contribution in [1.29, 1.82) is 0 Å². The van der Waals surface area contributed by atoms with Crippen LogP contribution in [-0.4, -0.2) is 31.3 Å². The molecule has 0 aliphatic heterocycles. The van der Waals surface area contributed by atoms with Gasteiger partial charge in [0.15, 0.2) is 9.84 Å². The Morgan fingerprint density at radius 3 is 2.25 bits per heavy atom. The lowest BCUT2D eigenvalue weighted by atomic mass is 10.1. The number of carboxylic acid groups (broad SMARTS) is 1. The number of hydrogen-bond acceptors (Lipinski definition) is 4. The second kappa shape index (κ2) is 7.28. The van der Waals surface area contributed by atoms with Gasteiger partial charge < -0.3 is 10.4 Å². The first-order chi connectivity index (χ1) is 9.40. The number of aliphatic carboxylic acids is 1. The molecule has 6 heteroatoms. The molecule has 1 aromatic rings. The fourth-order valence-electron chi connectivity index (χ4n) is 1.89. The Morgan fingerprint density at radius 2 is 1.80 bits per heavy atom. The molecule has 0 heterocycles. The van der Waals surface area contributed by atoms with Gasteiger partial charge in [-0.05, 0) is 37.1 Å². The van der Waals surface area contributed by atoms with Crippen molar-refractivity contribution in [3.05, 3.63) is 24.3 Å². The molecule has 0 bridgehead atoms. The van der Waals surface area contributed by atoms with Gasteiger partial charge in [0.05, 0.1) is 10.6 Å². The Morgan fingerprint density at radius 1 is 1.20 bits per heavy atom. The first-order valence-electron chi connectivity index (χ1n) is 6.73. The van der Waals surface area contributed by atoms with Crippen LogP contribution in [0.15, 0.2) is 29.2 Å². The highest BCUT2D eigenvalue weighted by molar-refractivity contribution is 7.91. The molecule has 0 aliphatic rings. The molecular weight excluding hydrogens is 278 g/mol. The Hall–Kier alpha value is -1.56. The van der Waals surface area contributed by atoms with Crippen LogP contribution in [-0.2, 0) is 14.6 Å². The van der Waals surface area contributed by atoms with Gasteiger partial charge >= 0.3 is 5.97 Å². The molecule has 2 N–H and O–H groups in total. The Balaban J connectivity index is 2.83. The van der Waals surface area contributed by atoms with Crippen molar-refractivity contribution < 1.29 is 18.3 Å². The van der Waals surface area contributed by atoms with Crippen LogP contribution in [0.3, 0.4) is 0 Å². The molecule has 0 amide bonds. The van der Waals surface area contributed by atoms with E-state index in [-0.39, 0.29) is 10.6 Å². The molecule has 0 aliphatic carbocycles. The third-order valence-corrected chi connectivity index (χ3v) is 4.84. The number of carboxylic acids is 1. The van der Waals surface area contributed by atoms with Crippen LogP contribution in [0.25, 0.3) is 0 Å². The van der Waals surface area contributed by atoms with Gasteiger partial charge in [0.25, 0.3) is 0 Å². The van der Waals surface area contributed by atoms with Gasteiger partial charge in [-0.3, -0.25) is 0 Å². The smallest absolute Gasteiger partial charge is 0.326 e. The molecule has 1 rings (SSSR count). The Kier molecular flexibility index (Phi) is 6.01. The average Bonchev–Trinajstić information content (AvgIpc) is 2.38. The minimum atomic E-state index is -3.23. The molecule has 0 fully saturated rings. The SMILES string of the molecule is CCCC(Nc1ccc(S(=O)(=O)CCC)cc1)C(=O)O. The highest BCUT2D eigenvalue weighted by Crippen LogP contribution is 2.17. The number of rotatable bonds is 8. The summed E-state index contributed by atoms with van der Waals surface area (Å²) in [4.78, 5) is 11.3. The van der Waals surface area contributed by atoms with Crippen LogP contribution in [0.1, 0.15) is 33.1 Å². The second-order valence-electron chi connectivity index (χ2n) is 4.67. The summed E-state index contributed by atoms with van der Waals surface area (Å²) in [6, 6.07) is 5.58. The fourth-order valence-corrected chi connectivity index (χ4v) is 3.22. The van der Waals surface area contributed by atoms with Crippen LogP contribution in [0, 0.1) is 0 Å². The van der Waals surface area contributed by atoms with Crippen LogP contribution in [0.2, 0.25) is 0 Å². The normalized spacial score (nSPS) is 12.9. The molecule has 5 nitrogen and oxygen atoms in total. The number of carbonyl (C=O) groups is 1. The molecule has 0 radical (unpaired) electrons. The largest absolute Gasteiger partial charge is 0.480 e. The summed E-state index contributed by atoms with van der Waals surface area (Å²) < 4.78 is 23.7. The van der Waals surface area contributed by atoms with Crippen molar-refractivity contribution in [1.82, 2.24) is 0 Å². The van der Waals surface area contributed by atoms with E-state index in [0.717, 1.165) is 6.42 Å². The minimum Gasteiger partial charge on any atom is -0.480 e. The van der Waals surface area contributed by atoms with E-state index in [1.807, 2.05) is 13.8 Å². The van der Waals surface area contributed by atoms with E-state index in [1.165, 1.54) is 12.1 Å². The van der Waals surface area contributed by atoms with E-state index in [1.54, 1.807) is 12.1 Å². The topological polar surface area (TPSA) is 83.5 Å². The maximum Gasteiger partial charge on any atom is 0.326 e. The summed E-state index contributed by atoms with van der Waals surface area (Å²) in [6.45, 7) is 3.73. The molecule has 0 saturated carbocycles. The van der Waals surface area contributed by atoms with Crippen LogP contribution in [0.5, 0.6) is 0 Å². The van der Waals surface area contributed by atoms with Crippen molar-refractivity contribution in [2.24, 2.45) is 0 Å². The highest BCUT2D eigenvalue weighted by Gasteiger charge is 2.17. The van der Waals surface area contributed by atoms with Crippen molar-refractivity contribution >= 4 is 21.5 Å². The third-order valence-electron chi connectivity index (χ3n) is 2.90. The maximum absolute atomic E-state index is 11.9. The van der Waals surface area contributed by atoms with Gasteiger partial charge in [-0.2, -0.15) is 0 Å². The quantitative estimate of drug-likeness (QED) is 0.770. The summed E-state index contributed by atoms with van der Waals surface area (Å²) in [5.74, 6) is -0.789. The zero-order valence-electron chi connectivity index (χ0n) is 11.8. The minimum absolute atomic E-state index is 0.118. The Labute approximate surface area is 119 Å². The lowest BCUT2D eigenvalue weighted by molar-refractivity contribution is -0.138. The molecule has 112 valence electrons. The van der Waals surface area contributed by atoms with Crippen molar-refractivity contribution in [2.45, 2.75) is 44.0 Å². The standard InChI is InChI=1S/C14H21NO4S/c1-3-5-13(14(16)17)15-11-6-8-12(9-7-11)20(18,19)10-4-2/h6-9,13,15H,3-5,10H2,1-2H3,(H,16,17). The van der Waals surface area contributed by atoms with Gasteiger partial charge in [0.2, 0.25) is 0 Å². The first kappa shape index (κ1) is 16.5. The summed E-state index contributed by atoms with van der Waals surface area (Å²) >= 11 is 0. The van der Waals surface area contributed by atoms with Gasteiger partial charge in [-0.1, -0.05) is 20.3 Å². The van der Waals surface area contributed by atoms with Gasteiger partial charge in [0.1, 0.15) is 6.04 Å². The van der Waals surface area contributed by atoms with Crippen LogP contribution < -0.4 is 5.32 Å². The maximum atomic E-state index is 11.9. The monoisotopic (exact) mass is 299 g/mol. The van der Waals surface area contributed by atoms with E-state index >= 15 is 0 Å². The predicted octanol–water partition coefficient (Wildman–Crippen LogP) is 2.54. The molecular formula is C14H21NO4S. The summed E-state index contributed by atoms with van der Waals surface area (Å²) in [7, 11) is -3.23. The average molecular weight is 299 g/mol. The second-order valence-corrected chi connectivity index (χ2v) is 6.78. The number of benzene rings is 1. The number of anilines is 1. The van der Waals surface area contributed by atoms with Gasteiger partial charge in [0, 0.05) is 5.69 Å². The molecule has 1 atom stereocenters. The van der Waals surface area contributed by atoms with E-state index in [2.05, 4.69) is 5.32 Å². The highest BCUT2D eigenvalue weighted by atomic mass is 32.2. The molecule has 0 spiro atoms. The molecule has 20 heavy (non-hydrogen) atoms. The lowest BCUT2D eigenvalue weighted by Gasteiger charge is -2.15. The number of hydrogen-bond donors (Lipinski definition) is 2. The van der Waals surface area contributed by atoms with Gasteiger partial charge in [-0.15, -0.1) is 0 Å². The van der Waals surface area contributed by atoms with Crippen LogP contribution >= 0.6 is 0 Å². The van der Waals surface area contributed by atoms with Crippen molar-refractivity contribution in [2.75, 3.05) is 11.1 Å². The van der Waals surface area contributed by atoms with Crippen LogP contribution in [0.4, 0.5) is 5.69 Å². The van der Waals surface area contributed by atoms with E-state index in [4.69, 9.17) is 5.11 Å². The predicted molar refractivity (Wildman–Crippen MR) is 78.7 cm³/mol. The third kappa shape index (κ3) is 4.52. The Bertz CT molecular complexity index is 537. The fraction of sp³-hybridized carbons (Fsp3) is 0.500. The van der Waals surface area contributed by atoms with E-state index in [0.29, 0.717) is 18.5 Å². The number of nitrogens with one attached hydrogen (secondary N) is 1. The summed E-state index contributed by atoms with van der Waals surface area (Å²) in [6.07, 6.45) is 1.85. The van der Waals surface area contributed by atoms with E-state index < -0.39 is 21.8 Å². The van der Waals surface area contributed by atoms with Crippen molar-refractivity contribution in [3.8, 4) is 0 Å². The zero-order chi connectivity index (χ0) is 15.2. The molecule has 0 saturated heterocycles. The molecule has 0 aromatic heterocycles. The van der Waals surface area contributed by atoms with E-state index in [9.17, 15) is 13.2 Å². The zero-order valence-corrected chi connectivity index (χ0v) is 12.6. The lowest BCUT2D eigenvalue weighted by Crippen LogP contribution is -2.28. The molecule has 1 unspecified atom stereocenters. The van der Waals surface area contributed by atoms with Crippen molar-refractivity contribution in [3.63, 3.8) is 0 Å². The summed E-state index contributed by atoms with van der Waals surface area (Å²) in [5, 5.41) is 12.0.